The van der Waals surface area contributed by atoms with Crippen LogP contribution in [0, 0.1) is 6.92 Å². The van der Waals surface area contributed by atoms with Crippen LogP contribution in [0.15, 0.2) is 47.4 Å². The Morgan fingerprint density at radius 2 is 1.69 bits per heavy atom. The molecular weight excluding hydrogens is 348 g/mol. The molecule has 0 bridgehead atoms. The normalized spacial score (nSPS) is 14.9. The van der Waals surface area contributed by atoms with Gasteiger partial charge in [-0.05, 0) is 55.7 Å². The van der Waals surface area contributed by atoms with E-state index in [1.54, 1.807) is 36.6 Å². The Labute approximate surface area is 155 Å². The first-order valence-corrected chi connectivity index (χ1v) is 10.2. The lowest BCUT2D eigenvalue weighted by Crippen LogP contribution is -2.29. The highest BCUT2D eigenvalue weighted by Gasteiger charge is 2.24. The summed E-state index contributed by atoms with van der Waals surface area (Å²) in [4.78, 5) is 28.0. The molecule has 136 valence electrons. The number of carbonyl (C=O) groups excluding carboxylic acids is 2. The Bertz CT molecular complexity index is 856. The number of carbonyl (C=O) groups is 2. The molecule has 5 nitrogen and oxygen atoms in total. The van der Waals surface area contributed by atoms with Crippen molar-refractivity contribution in [2.45, 2.75) is 24.7 Å². The summed E-state index contributed by atoms with van der Waals surface area (Å²) in [5.74, 6) is -0.327. The maximum atomic E-state index is 12.9. The topological polar surface area (TPSA) is 66.5 Å². The molecule has 1 fully saturated rings. The summed E-state index contributed by atoms with van der Waals surface area (Å²) in [6, 6.07) is 12.1. The average molecular weight is 370 g/mol. The molecule has 1 aliphatic rings. The molecule has 0 saturated carbocycles. The molecular formula is C20H22N2O3S. The Kier molecular flexibility index (Phi) is 5.52. The van der Waals surface area contributed by atoms with Crippen LogP contribution in [0.25, 0.3) is 0 Å². The quantitative estimate of drug-likeness (QED) is 0.899. The van der Waals surface area contributed by atoms with E-state index in [-0.39, 0.29) is 11.8 Å². The van der Waals surface area contributed by atoms with E-state index in [2.05, 4.69) is 5.32 Å². The highest BCUT2D eigenvalue weighted by molar-refractivity contribution is 7.84. The molecule has 0 aromatic heterocycles. The molecule has 0 aliphatic carbocycles. The fourth-order valence-electron chi connectivity index (χ4n) is 3.13. The smallest absolute Gasteiger partial charge is 0.256 e. The van der Waals surface area contributed by atoms with Gasteiger partial charge in [0.1, 0.15) is 0 Å². The molecule has 2 amide bonds. The zero-order chi connectivity index (χ0) is 18.7. The van der Waals surface area contributed by atoms with Gasteiger partial charge in [0.25, 0.3) is 11.8 Å². The van der Waals surface area contributed by atoms with Crippen LogP contribution in [0.1, 0.15) is 39.1 Å². The first-order chi connectivity index (χ1) is 12.5. The van der Waals surface area contributed by atoms with Crippen molar-refractivity contribution < 1.29 is 13.8 Å². The predicted octanol–water partition coefficient (Wildman–Crippen LogP) is 3.22. The minimum Gasteiger partial charge on any atom is -0.339 e. The Morgan fingerprint density at radius 3 is 2.31 bits per heavy atom. The van der Waals surface area contributed by atoms with Gasteiger partial charge >= 0.3 is 0 Å². The second-order valence-corrected chi connectivity index (χ2v) is 7.81. The first-order valence-electron chi connectivity index (χ1n) is 8.61. The lowest BCUT2D eigenvalue weighted by Gasteiger charge is -2.19. The molecule has 1 saturated heterocycles. The van der Waals surface area contributed by atoms with Crippen molar-refractivity contribution in [1.82, 2.24) is 4.90 Å². The Balaban J connectivity index is 1.85. The lowest BCUT2D eigenvalue weighted by molar-refractivity contribution is 0.0793. The standard InChI is InChI=1S/C20H22N2O3S/c1-14-6-5-7-17(18(14)20(24)22-12-3-4-13-22)21-19(23)15-8-10-16(11-9-15)26(2)25/h5-11H,3-4,12-13H2,1-2H3,(H,21,23). The van der Waals surface area contributed by atoms with Crippen molar-refractivity contribution in [1.29, 1.82) is 0 Å². The van der Waals surface area contributed by atoms with E-state index >= 15 is 0 Å². The van der Waals surface area contributed by atoms with Crippen molar-refractivity contribution in [2.75, 3.05) is 24.7 Å². The van der Waals surface area contributed by atoms with Crippen LogP contribution in [-0.2, 0) is 10.8 Å². The third-order valence-corrected chi connectivity index (χ3v) is 5.51. The summed E-state index contributed by atoms with van der Waals surface area (Å²) >= 11 is 0. The summed E-state index contributed by atoms with van der Waals surface area (Å²) in [5.41, 5.74) is 2.38. The van der Waals surface area contributed by atoms with Gasteiger partial charge in [-0.15, -0.1) is 0 Å². The van der Waals surface area contributed by atoms with Crippen LogP contribution in [0.4, 0.5) is 5.69 Å². The van der Waals surface area contributed by atoms with E-state index in [0.29, 0.717) is 21.7 Å². The summed E-state index contributed by atoms with van der Waals surface area (Å²) in [5, 5.41) is 2.86. The molecule has 1 N–H and O–H groups in total. The maximum Gasteiger partial charge on any atom is 0.256 e. The molecule has 2 aromatic carbocycles. The second kappa shape index (κ2) is 7.83. The zero-order valence-electron chi connectivity index (χ0n) is 15.0. The van der Waals surface area contributed by atoms with Gasteiger partial charge in [-0.1, -0.05) is 12.1 Å². The van der Waals surface area contributed by atoms with Crippen molar-refractivity contribution in [3.05, 3.63) is 59.2 Å². The third kappa shape index (κ3) is 3.85. The van der Waals surface area contributed by atoms with E-state index in [1.807, 2.05) is 24.0 Å². The van der Waals surface area contributed by atoms with Gasteiger partial charge in [0.2, 0.25) is 0 Å². The van der Waals surface area contributed by atoms with Gasteiger partial charge in [-0.25, -0.2) is 0 Å². The van der Waals surface area contributed by atoms with Crippen LogP contribution in [0.3, 0.4) is 0 Å². The fraction of sp³-hybridized carbons (Fsp3) is 0.300. The first kappa shape index (κ1) is 18.3. The summed E-state index contributed by atoms with van der Waals surface area (Å²) in [6.45, 7) is 3.40. The van der Waals surface area contributed by atoms with Gasteiger partial charge in [-0.3, -0.25) is 13.8 Å². The highest BCUT2D eigenvalue weighted by Crippen LogP contribution is 2.24. The van der Waals surface area contributed by atoms with Crippen LogP contribution >= 0.6 is 0 Å². The molecule has 2 aromatic rings. The maximum absolute atomic E-state index is 12.9. The molecule has 6 heteroatoms. The van der Waals surface area contributed by atoms with Crippen LogP contribution < -0.4 is 5.32 Å². The van der Waals surface area contributed by atoms with Gasteiger partial charge < -0.3 is 10.2 Å². The number of nitrogens with zero attached hydrogens (tertiary/aromatic N) is 1. The van der Waals surface area contributed by atoms with Crippen molar-refractivity contribution in [3.63, 3.8) is 0 Å². The van der Waals surface area contributed by atoms with Crippen molar-refractivity contribution in [3.8, 4) is 0 Å². The SMILES string of the molecule is Cc1cccc(NC(=O)c2ccc(S(C)=O)cc2)c1C(=O)N1CCCC1. The van der Waals surface area contributed by atoms with Gasteiger partial charge in [0.15, 0.2) is 0 Å². The third-order valence-electron chi connectivity index (χ3n) is 4.58. The lowest BCUT2D eigenvalue weighted by atomic mass is 10.0. The number of benzene rings is 2. The molecule has 3 rings (SSSR count). The highest BCUT2D eigenvalue weighted by atomic mass is 32.2. The Hall–Kier alpha value is -2.47. The molecule has 1 atom stereocenters. The van der Waals surface area contributed by atoms with Crippen LogP contribution in [0.5, 0.6) is 0 Å². The second-order valence-electron chi connectivity index (χ2n) is 6.43. The number of hydrogen-bond acceptors (Lipinski definition) is 3. The molecule has 1 unspecified atom stereocenters. The van der Waals surface area contributed by atoms with E-state index in [4.69, 9.17) is 0 Å². The summed E-state index contributed by atoms with van der Waals surface area (Å²) in [7, 11) is -1.08. The number of anilines is 1. The number of amides is 2. The summed E-state index contributed by atoms with van der Waals surface area (Å²) in [6.07, 6.45) is 3.63. The average Bonchev–Trinajstić information content (AvgIpc) is 3.16. The molecule has 0 radical (unpaired) electrons. The van der Waals surface area contributed by atoms with Gasteiger partial charge in [-0.2, -0.15) is 0 Å². The largest absolute Gasteiger partial charge is 0.339 e. The van der Waals surface area contributed by atoms with Crippen LogP contribution in [-0.4, -0.2) is 40.3 Å². The van der Waals surface area contributed by atoms with E-state index < -0.39 is 10.8 Å². The molecule has 1 heterocycles. The summed E-state index contributed by atoms with van der Waals surface area (Å²) < 4.78 is 11.5. The monoisotopic (exact) mass is 370 g/mol. The van der Waals surface area contributed by atoms with Gasteiger partial charge in [0, 0.05) is 40.6 Å². The molecule has 1 aliphatic heterocycles. The van der Waals surface area contributed by atoms with E-state index in [1.165, 1.54) is 0 Å². The van der Waals surface area contributed by atoms with Crippen molar-refractivity contribution >= 4 is 28.3 Å². The van der Waals surface area contributed by atoms with E-state index in [9.17, 15) is 13.8 Å². The van der Waals surface area contributed by atoms with Gasteiger partial charge in [0.05, 0.1) is 11.3 Å². The predicted molar refractivity (Wildman–Crippen MR) is 103 cm³/mol. The van der Waals surface area contributed by atoms with Crippen molar-refractivity contribution in [2.24, 2.45) is 0 Å². The molecule has 26 heavy (non-hydrogen) atoms. The minimum absolute atomic E-state index is 0.0346. The minimum atomic E-state index is -1.08. The number of aryl methyl sites for hydroxylation is 1. The number of hydrogen-bond donors (Lipinski definition) is 1. The number of likely N-dealkylation sites (tertiary alicyclic amines) is 1. The number of nitrogens with one attached hydrogen (secondary N) is 1. The van der Waals surface area contributed by atoms with E-state index in [0.717, 1.165) is 31.5 Å². The number of rotatable bonds is 4. The Morgan fingerprint density at radius 1 is 1.04 bits per heavy atom. The fourth-order valence-corrected chi connectivity index (χ4v) is 3.65. The van der Waals surface area contributed by atoms with Crippen LogP contribution in [0.2, 0.25) is 0 Å². The zero-order valence-corrected chi connectivity index (χ0v) is 15.8. The molecule has 0 spiro atoms.